The number of halogens is 3. The number of carbonyl (C=O) groups is 1. The number of alkyl halides is 3. The van der Waals surface area contributed by atoms with Crippen LogP contribution in [-0.2, 0) is 0 Å². The van der Waals surface area contributed by atoms with Crippen LogP contribution < -0.4 is 0 Å². The first-order valence-electron chi connectivity index (χ1n) is 6.51. The molecule has 0 aliphatic carbocycles. The minimum atomic E-state index is -4.30. The van der Waals surface area contributed by atoms with Crippen LogP contribution in [0.1, 0.15) is 35.3 Å². The second-order valence-electron chi connectivity index (χ2n) is 5.34. The molecule has 0 saturated carbocycles. The van der Waals surface area contributed by atoms with Crippen LogP contribution in [0.2, 0.25) is 0 Å². The van der Waals surface area contributed by atoms with Crippen molar-refractivity contribution in [3.8, 4) is 0 Å². The van der Waals surface area contributed by atoms with Crippen LogP contribution in [0.25, 0.3) is 0 Å². The lowest BCUT2D eigenvalue weighted by atomic mass is 10.0. The third-order valence-corrected chi connectivity index (χ3v) is 3.29. The summed E-state index contributed by atoms with van der Waals surface area (Å²) < 4.78 is 37.4. The number of hydrogen-bond donors (Lipinski definition) is 0. The lowest BCUT2D eigenvalue weighted by Gasteiger charge is -2.26. The van der Waals surface area contributed by atoms with E-state index in [4.69, 9.17) is 0 Å². The maximum atomic E-state index is 12.5. The van der Waals surface area contributed by atoms with Gasteiger partial charge in [-0.25, -0.2) is 0 Å². The zero-order valence-electron chi connectivity index (χ0n) is 12.2. The Labute approximate surface area is 117 Å². The van der Waals surface area contributed by atoms with E-state index in [1.807, 2.05) is 19.9 Å². The third-order valence-electron chi connectivity index (χ3n) is 3.29. The first-order chi connectivity index (χ1) is 9.10. The van der Waals surface area contributed by atoms with Gasteiger partial charge in [0, 0.05) is 11.6 Å². The summed E-state index contributed by atoms with van der Waals surface area (Å²) >= 11 is 0. The van der Waals surface area contributed by atoms with E-state index in [2.05, 4.69) is 0 Å². The van der Waals surface area contributed by atoms with Gasteiger partial charge in [-0.3, -0.25) is 9.69 Å². The summed E-state index contributed by atoms with van der Waals surface area (Å²) in [5.41, 5.74) is 2.47. The third kappa shape index (κ3) is 4.96. The van der Waals surface area contributed by atoms with Crippen molar-refractivity contribution >= 4 is 5.78 Å². The van der Waals surface area contributed by atoms with Gasteiger partial charge in [-0.05, 0) is 44.9 Å². The minimum absolute atomic E-state index is 0.223. The summed E-state index contributed by atoms with van der Waals surface area (Å²) in [6.45, 7) is 5.81. The SMILES string of the molecule is Cc1ccc(C(=O)CN(CC(F)(F)F)C(C)C)cc1C. The van der Waals surface area contributed by atoms with Crippen LogP contribution >= 0.6 is 0 Å². The quantitative estimate of drug-likeness (QED) is 0.769. The predicted octanol–water partition coefficient (Wildman–Crippen LogP) is 3.76. The molecule has 0 spiro atoms. The molecule has 0 aliphatic heterocycles. The standard InChI is InChI=1S/C15H20F3NO/c1-10(2)19(9-15(16,17)18)8-14(20)13-6-5-11(3)12(4)7-13/h5-7,10H,8-9H2,1-4H3. The summed E-state index contributed by atoms with van der Waals surface area (Å²) in [6.07, 6.45) is -4.30. The smallest absolute Gasteiger partial charge is 0.293 e. The first kappa shape index (κ1) is 16.7. The van der Waals surface area contributed by atoms with Crippen molar-refractivity contribution in [3.63, 3.8) is 0 Å². The fourth-order valence-electron chi connectivity index (χ4n) is 1.84. The Balaban J connectivity index is 2.83. The molecule has 0 atom stereocenters. The molecule has 1 aromatic rings. The summed E-state index contributed by atoms with van der Waals surface area (Å²) in [4.78, 5) is 13.2. The lowest BCUT2D eigenvalue weighted by Crippen LogP contribution is -2.42. The Bertz CT molecular complexity index is 480. The van der Waals surface area contributed by atoms with Gasteiger partial charge in [0.2, 0.25) is 0 Å². The second kappa shape index (κ2) is 6.39. The van der Waals surface area contributed by atoms with Gasteiger partial charge < -0.3 is 0 Å². The van der Waals surface area contributed by atoms with E-state index in [1.165, 1.54) is 0 Å². The second-order valence-corrected chi connectivity index (χ2v) is 5.34. The molecule has 0 N–H and O–H groups in total. The number of benzene rings is 1. The van der Waals surface area contributed by atoms with Gasteiger partial charge in [-0.15, -0.1) is 0 Å². The lowest BCUT2D eigenvalue weighted by molar-refractivity contribution is -0.148. The highest BCUT2D eigenvalue weighted by molar-refractivity contribution is 5.97. The summed E-state index contributed by atoms with van der Waals surface area (Å²) in [7, 11) is 0. The van der Waals surface area contributed by atoms with Crippen molar-refractivity contribution < 1.29 is 18.0 Å². The molecule has 0 aliphatic rings. The molecule has 0 aromatic heterocycles. The molecular weight excluding hydrogens is 267 g/mol. The van der Waals surface area contributed by atoms with Gasteiger partial charge in [0.1, 0.15) is 0 Å². The van der Waals surface area contributed by atoms with E-state index >= 15 is 0 Å². The van der Waals surface area contributed by atoms with E-state index in [1.54, 1.807) is 26.0 Å². The van der Waals surface area contributed by atoms with Gasteiger partial charge in [-0.2, -0.15) is 13.2 Å². The van der Waals surface area contributed by atoms with Crippen LogP contribution in [0.3, 0.4) is 0 Å². The van der Waals surface area contributed by atoms with Crippen LogP contribution in [0, 0.1) is 13.8 Å². The maximum absolute atomic E-state index is 12.5. The van der Waals surface area contributed by atoms with Gasteiger partial charge in [0.05, 0.1) is 13.1 Å². The zero-order valence-corrected chi connectivity index (χ0v) is 12.2. The molecule has 112 valence electrons. The topological polar surface area (TPSA) is 20.3 Å². The number of aryl methyl sites for hydroxylation is 2. The Morgan fingerprint density at radius 2 is 1.80 bits per heavy atom. The molecule has 1 rings (SSSR count). The van der Waals surface area contributed by atoms with E-state index < -0.39 is 12.7 Å². The fourth-order valence-corrected chi connectivity index (χ4v) is 1.84. The number of hydrogen-bond acceptors (Lipinski definition) is 2. The van der Waals surface area contributed by atoms with Gasteiger partial charge >= 0.3 is 6.18 Å². The minimum Gasteiger partial charge on any atom is -0.293 e. The van der Waals surface area contributed by atoms with Crippen LogP contribution in [0.5, 0.6) is 0 Å². The Morgan fingerprint density at radius 1 is 1.20 bits per heavy atom. The molecule has 0 fully saturated rings. The van der Waals surface area contributed by atoms with Crippen molar-refractivity contribution in [2.75, 3.05) is 13.1 Å². The average molecular weight is 287 g/mol. The molecule has 20 heavy (non-hydrogen) atoms. The monoisotopic (exact) mass is 287 g/mol. The molecule has 0 bridgehead atoms. The molecule has 0 unspecified atom stereocenters. The summed E-state index contributed by atoms with van der Waals surface area (Å²) in [5.74, 6) is -0.286. The van der Waals surface area contributed by atoms with Gasteiger partial charge in [0.25, 0.3) is 0 Å². The average Bonchev–Trinajstić information content (AvgIpc) is 2.29. The number of ketones is 1. The van der Waals surface area contributed by atoms with Crippen molar-refractivity contribution in [2.45, 2.75) is 39.9 Å². The first-order valence-corrected chi connectivity index (χ1v) is 6.51. The molecule has 0 amide bonds. The van der Waals surface area contributed by atoms with Crippen molar-refractivity contribution in [2.24, 2.45) is 0 Å². The molecule has 2 nitrogen and oxygen atoms in total. The molecule has 1 aromatic carbocycles. The van der Waals surface area contributed by atoms with Crippen LogP contribution in [-0.4, -0.2) is 36.0 Å². The van der Waals surface area contributed by atoms with E-state index in [-0.39, 0.29) is 18.4 Å². The number of nitrogens with zero attached hydrogens (tertiary/aromatic N) is 1. The molecule has 0 radical (unpaired) electrons. The molecular formula is C15H20F3NO. The van der Waals surface area contributed by atoms with Crippen LogP contribution in [0.4, 0.5) is 13.2 Å². The molecule has 0 heterocycles. The van der Waals surface area contributed by atoms with Crippen molar-refractivity contribution in [3.05, 3.63) is 34.9 Å². The largest absolute Gasteiger partial charge is 0.401 e. The fraction of sp³-hybridized carbons (Fsp3) is 0.533. The van der Waals surface area contributed by atoms with Crippen LogP contribution in [0.15, 0.2) is 18.2 Å². The molecule has 0 saturated heterocycles. The maximum Gasteiger partial charge on any atom is 0.401 e. The van der Waals surface area contributed by atoms with Crippen molar-refractivity contribution in [1.29, 1.82) is 0 Å². The predicted molar refractivity (Wildman–Crippen MR) is 73.0 cm³/mol. The normalized spacial score (nSPS) is 12.2. The molecule has 5 heteroatoms. The highest BCUT2D eigenvalue weighted by Crippen LogP contribution is 2.19. The zero-order chi connectivity index (χ0) is 15.5. The summed E-state index contributed by atoms with van der Waals surface area (Å²) in [6, 6.07) is 4.86. The van der Waals surface area contributed by atoms with E-state index in [0.717, 1.165) is 16.0 Å². The highest BCUT2D eigenvalue weighted by atomic mass is 19.4. The van der Waals surface area contributed by atoms with Gasteiger partial charge in [-0.1, -0.05) is 12.1 Å². The van der Waals surface area contributed by atoms with E-state index in [9.17, 15) is 18.0 Å². The Hall–Kier alpha value is -1.36. The number of Topliss-reactive ketones (excluding diaryl/α,β-unsaturated/α-hetero) is 1. The highest BCUT2D eigenvalue weighted by Gasteiger charge is 2.32. The number of carbonyl (C=O) groups excluding carboxylic acids is 1. The van der Waals surface area contributed by atoms with Gasteiger partial charge in [0.15, 0.2) is 5.78 Å². The van der Waals surface area contributed by atoms with Crippen molar-refractivity contribution in [1.82, 2.24) is 4.90 Å². The Morgan fingerprint density at radius 3 is 2.25 bits per heavy atom. The summed E-state index contributed by atoms with van der Waals surface area (Å²) in [5, 5.41) is 0. The van der Waals surface area contributed by atoms with E-state index in [0.29, 0.717) is 5.56 Å². The Kier molecular flexibility index (Phi) is 5.34. The number of rotatable bonds is 5.